The number of rotatable bonds is 4. The smallest absolute Gasteiger partial charge is 0.123 e. The SMILES string of the molecule is CO[C@H]1C[C@@H]2C/C(=N\O)CC[C@H]2[C@@H]1/C=C/c1ccc(-c2cccc(F)c2)cn1. The van der Waals surface area contributed by atoms with E-state index in [4.69, 9.17) is 9.94 Å². The van der Waals surface area contributed by atoms with Gasteiger partial charge in [0.25, 0.3) is 0 Å². The molecule has 1 aromatic carbocycles. The van der Waals surface area contributed by atoms with Gasteiger partial charge in [-0.05, 0) is 67.4 Å². The van der Waals surface area contributed by atoms with Crippen LogP contribution in [0.15, 0.2) is 53.8 Å². The second kappa shape index (κ2) is 8.23. The van der Waals surface area contributed by atoms with Crippen LogP contribution in [0.25, 0.3) is 17.2 Å². The van der Waals surface area contributed by atoms with Crippen molar-refractivity contribution in [1.29, 1.82) is 0 Å². The molecule has 2 aliphatic carbocycles. The fourth-order valence-corrected chi connectivity index (χ4v) is 4.78. The van der Waals surface area contributed by atoms with Gasteiger partial charge in [0.05, 0.1) is 17.5 Å². The molecule has 0 bridgehead atoms. The molecule has 2 aliphatic rings. The third-order valence-electron chi connectivity index (χ3n) is 6.21. The van der Waals surface area contributed by atoms with Crippen LogP contribution in [0.4, 0.5) is 4.39 Å². The van der Waals surface area contributed by atoms with Gasteiger partial charge in [-0.25, -0.2) is 4.39 Å². The molecule has 0 radical (unpaired) electrons. The van der Waals surface area contributed by atoms with Crippen LogP contribution in [-0.2, 0) is 4.74 Å². The van der Waals surface area contributed by atoms with Crippen LogP contribution in [0, 0.1) is 23.6 Å². The van der Waals surface area contributed by atoms with Crippen molar-refractivity contribution < 1.29 is 14.3 Å². The molecule has 2 fully saturated rings. The van der Waals surface area contributed by atoms with Gasteiger partial charge in [0.1, 0.15) is 5.82 Å². The maximum Gasteiger partial charge on any atom is 0.123 e. The summed E-state index contributed by atoms with van der Waals surface area (Å²) < 4.78 is 19.2. The Kier molecular flexibility index (Phi) is 5.53. The molecule has 0 saturated heterocycles. The molecule has 1 aromatic heterocycles. The maximum absolute atomic E-state index is 13.4. The van der Waals surface area contributed by atoms with E-state index >= 15 is 0 Å². The van der Waals surface area contributed by atoms with Gasteiger partial charge in [0.2, 0.25) is 0 Å². The molecule has 0 unspecified atom stereocenters. The summed E-state index contributed by atoms with van der Waals surface area (Å²) in [4.78, 5) is 4.52. The largest absolute Gasteiger partial charge is 0.411 e. The molecule has 0 spiro atoms. The quantitative estimate of drug-likeness (QED) is 0.587. The molecule has 1 heterocycles. The molecule has 0 amide bonds. The summed E-state index contributed by atoms with van der Waals surface area (Å²) in [6.45, 7) is 0. The highest BCUT2D eigenvalue weighted by Gasteiger charge is 2.44. The van der Waals surface area contributed by atoms with Crippen molar-refractivity contribution in [2.45, 2.75) is 31.8 Å². The van der Waals surface area contributed by atoms with Gasteiger partial charge in [-0.15, -0.1) is 0 Å². The minimum atomic E-state index is -0.246. The number of fused-ring (bicyclic) bond motifs is 1. The summed E-state index contributed by atoms with van der Waals surface area (Å²) in [5.74, 6) is 1.17. The minimum absolute atomic E-state index is 0.191. The first-order valence-corrected chi connectivity index (χ1v) is 9.80. The van der Waals surface area contributed by atoms with Crippen LogP contribution in [-0.4, -0.2) is 29.1 Å². The molecule has 0 aliphatic heterocycles. The zero-order chi connectivity index (χ0) is 19.5. The van der Waals surface area contributed by atoms with Crippen molar-refractivity contribution in [2.24, 2.45) is 22.9 Å². The maximum atomic E-state index is 13.4. The molecule has 1 N–H and O–H groups in total. The molecular formula is C23H25FN2O2. The van der Waals surface area contributed by atoms with Crippen LogP contribution in [0.3, 0.4) is 0 Å². The number of methoxy groups -OCH3 is 1. The van der Waals surface area contributed by atoms with Crippen molar-refractivity contribution in [3.05, 3.63) is 60.2 Å². The lowest BCUT2D eigenvalue weighted by Gasteiger charge is -2.28. The van der Waals surface area contributed by atoms with Gasteiger partial charge in [0.15, 0.2) is 0 Å². The van der Waals surface area contributed by atoms with Crippen molar-refractivity contribution in [1.82, 2.24) is 4.98 Å². The molecule has 4 rings (SSSR count). The number of hydrogen-bond acceptors (Lipinski definition) is 4. The summed E-state index contributed by atoms with van der Waals surface area (Å²) >= 11 is 0. The predicted octanol–water partition coefficient (Wildman–Crippen LogP) is 5.18. The van der Waals surface area contributed by atoms with E-state index in [2.05, 4.69) is 22.3 Å². The van der Waals surface area contributed by atoms with Gasteiger partial charge < -0.3 is 9.94 Å². The lowest BCUT2D eigenvalue weighted by Crippen LogP contribution is -2.25. The Bertz CT molecular complexity index is 878. The van der Waals surface area contributed by atoms with Gasteiger partial charge in [-0.3, -0.25) is 4.98 Å². The molecule has 2 aromatic rings. The molecular weight excluding hydrogens is 355 g/mol. The normalized spacial score (nSPS) is 28.7. The Labute approximate surface area is 164 Å². The first kappa shape index (κ1) is 18.8. The van der Waals surface area contributed by atoms with Crippen LogP contribution in [0.2, 0.25) is 0 Å². The summed E-state index contributed by atoms with van der Waals surface area (Å²) in [6.07, 6.45) is 10.0. The van der Waals surface area contributed by atoms with Gasteiger partial charge >= 0.3 is 0 Å². The van der Waals surface area contributed by atoms with Crippen LogP contribution in [0.1, 0.15) is 31.4 Å². The molecule has 4 atom stereocenters. The third-order valence-corrected chi connectivity index (χ3v) is 6.21. The average molecular weight is 380 g/mol. The molecule has 4 nitrogen and oxygen atoms in total. The van der Waals surface area contributed by atoms with E-state index in [-0.39, 0.29) is 11.9 Å². The van der Waals surface area contributed by atoms with Crippen LogP contribution in [0.5, 0.6) is 0 Å². The Balaban J connectivity index is 1.48. The highest BCUT2D eigenvalue weighted by atomic mass is 19.1. The monoisotopic (exact) mass is 380 g/mol. The fraction of sp³-hybridized carbons (Fsp3) is 0.391. The van der Waals surface area contributed by atoms with E-state index in [1.807, 2.05) is 18.2 Å². The highest BCUT2D eigenvalue weighted by molar-refractivity contribution is 5.85. The van der Waals surface area contributed by atoms with E-state index in [1.54, 1.807) is 19.4 Å². The molecule has 146 valence electrons. The Hall–Kier alpha value is -2.53. The van der Waals surface area contributed by atoms with Gasteiger partial charge in [0, 0.05) is 24.8 Å². The number of hydrogen-bond donors (Lipinski definition) is 1. The number of pyridine rings is 1. The van der Waals surface area contributed by atoms with Crippen molar-refractivity contribution >= 4 is 11.8 Å². The summed E-state index contributed by atoms with van der Waals surface area (Å²) in [7, 11) is 1.77. The number of nitrogens with zero attached hydrogens (tertiary/aromatic N) is 2. The highest BCUT2D eigenvalue weighted by Crippen LogP contribution is 2.47. The van der Waals surface area contributed by atoms with Crippen LogP contribution >= 0.6 is 0 Å². The first-order valence-electron chi connectivity index (χ1n) is 9.80. The average Bonchev–Trinajstić information content (AvgIpc) is 3.09. The van der Waals surface area contributed by atoms with Crippen molar-refractivity contribution in [3.63, 3.8) is 0 Å². The second-order valence-electron chi connectivity index (χ2n) is 7.76. The summed E-state index contributed by atoms with van der Waals surface area (Å²) in [5, 5.41) is 12.5. The number of benzene rings is 1. The number of ether oxygens (including phenoxy) is 1. The van der Waals surface area contributed by atoms with Gasteiger partial charge in [-0.2, -0.15) is 0 Å². The molecule has 5 heteroatoms. The zero-order valence-corrected chi connectivity index (χ0v) is 16.0. The minimum Gasteiger partial charge on any atom is -0.411 e. The Morgan fingerprint density at radius 1 is 1.25 bits per heavy atom. The van der Waals surface area contributed by atoms with Crippen molar-refractivity contribution in [2.75, 3.05) is 7.11 Å². The van der Waals surface area contributed by atoms with E-state index < -0.39 is 0 Å². The van der Waals surface area contributed by atoms with E-state index in [0.717, 1.165) is 48.2 Å². The predicted molar refractivity (Wildman–Crippen MR) is 108 cm³/mol. The Morgan fingerprint density at radius 3 is 2.86 bits per heavy atom. The summed E-state index contributed by atoms with van der Waals surface area (Å²) in [5.41, 5.74) is 3.52. The fourth-order valence-electron chi connectivity index (χ4n) is 4.78. The zero-order valence-electron chi connectivity index (χ0n) is 16.0. The number of aromatic nitrogens is 1. The first-order chi connectivity index (χ1) is 13.7. The van der Waals surface area contributed by atoms with Gasteiger partial charge in [-0.1, -0.05) is 29.4 Å². The van der Waals surface area contributed by atoms with Crippen LogP contribution < -0.4 is 0 Å². The number of halogens is 1. The van der Waals surface area contributed by atoms with Crippen molar-refractivity contribution in [3.8, 4) is 11.1 Å². The van der Waals surface area contributed by atoms with E-state index in [9.17, 15) is 4.39 Å². The third kappa shape index (κ3) is 3.85. The number of oxime groups is 1. The standard InChI is InChI=1S/C23H25FN2O2/c1-28-23-13-17-12-20(26-27)8-9-21(17)22(23)10-7-19-6-5-16(14-25-19)15-3-2-4-18(24)11-15/h2-7,10-11,14,17,21-23,27H,8-9,12-13H2,1H3/b10-7+,26-20-/t17-,21+,22-,23-/m0/s1. The van der Waals surface area contributed by atoms with E-state index in [0.29, 0.717) is 17.8 Å². The molecule has 2 saturated carbocycles. The topological polar surface area (TPSA) is 54.7 Å². The Morgan fingerprint density at radius 2 is 2.14 bits per heavy atom. The lowest BCUT2D eigenvalue weighted by molar-refractivity contribution is 0.0781. The van der Waals surface area contributed by atoms with E-state index in [1.165, 1.54) is 12.1 Å². The lowest BCUT2D eigenvalue weighted by atomic mass is 9.77. The second-order valence-corrected chi connectivity index (χ2v) is 7.76. The summed E-state index contributed by atoms with van der Waals surface area (Å²) in [6, 6.07) is 10.5. The molecule has 28 heavy (non-hydrogen) atoms.